The van der Waals surface area contributed by atoms with Gasteiger partial charge in [-0.05, 0) is 35.9 Å². The number of carbonyl (C=O) groups excluding carboxylic acids is 1. The van der Waals surface area contributed by atoms with Gasteiger partial charge in [0.15, 0.2) is 11.5 Å². The van der Waals surface area contributed by atoms with Crippen LogP contribution in [0.4, 0.5) is 0 Å². The predicted octanol–water partition coefficient (Wildman–Crippen LogP) is 3.19. The molecule has 3 aromatic rings. The first kappa shape index (κ1) is 16.7. The number of hydrogen-bond donors (Lipinski definition) is 0. The molecule has 7 heteroatoms. The number of hydrogen-bond acceptors (Lipinski definition) is 5. The molecular formula is C19H19N3O3S. The van der Waals surface area contributed by atoms with Gasteiger partial charge in [-0.25, -0.2) is 0 Å². The predicted molar refractivity (Wildman–Crippen MR) is 99.8 cm³/mol. The number of carbonyl (C=O) groups is 1. The molecule has 3 heterocycles. The molecule has 0 saturated heterocycles. The fraction of sp³-hybridized carbons (Fsp3) is 0.263. The van der Waals surface area contributed by atoms with Crippen molar-refractivity contribution in [1.29, 1.82) is 0 Å². The maximum Gasteiger partial charge on any atom is 0.263 e. The number of ether oxygens (including phenoxy) is 2. The summed E-state index contributed by atoms with van der Waals surface area (Å²) in [5, 5.41) is 4.14. The summed E-state index contributed by atoms with van der Waals surface area (Å²) < 4.78 is 12.9. The number of thiophene rings is 1. The van der Waals surface area contributed by atoms with Crippen molar-refractivity contribution in [1.82, 2.24) is 14.7 Å². The molecule has 0 unspecified atom stereocenters. The highest BCUT2D eigenvalue weighted by molar-refractivity contribution is 7.17. The molecule has 0 bridgehead atoms. The number of rotatable bonds is 4. The molecule has 0 atom stereocenters. The van der Waals surface area contributed by atoms with Crippen molar-refractivity contribution in [3.8, 4) is 21.9 Å². The summed E-state index contributed by atoms with van der Waals surface area (Å²) in [5.74, 6) is 1.52. The zero-order valence-electron chi connectivity index (χ0n) is 14.6. The molecule has 4 rings (SSSR count). The maximum atomic E-state index is 12.7. The van der Waals surface area contributed by atoms with Crippen LogP contribution in [0.15, 0.2) is 42.7 Å². The van der Waals surface area contributed by atoms with Crippen molar-refractivity contribution in [2.45, 2.75) is 6.54 Å². The highest BCUT2D eigenvalue weighted by atomic mass is 32.1. The van der Waals surface area contributed by atoms with Gasteiger partial charge in [0, 0.05) is 37.3 Å². The average molecular weight is 369 g/mol. The summed E-state index contributed by atoms with van der Waals surface area (Å²) in [4.78, 5) is 16.1. The summed E-state index contributed by atoms with van der Waals surface area (Å²) in [6, 6.07) is 9.72. The summed E-state index contributed by atoms with van der Waals surface area (Å²) in [6.45, 7) is 1.67. The fourth-order valence-electron chi connectivity index (χ4n) is 2.89. The number of nitrogens with zero attached hydrogens (tertiary/aromatic N) is 3. The largest absolute Gasteiger partial charge is 0.486 e. The molecule has 134 valence electrons. The molecule has 0 radical (unpaired) electrons. The van der Waals surface area contributed by atoms with Gasteiger partial charge in [-0.3, -0.25) is 9.48 Å². The molecule has 26 heavy (non-hydrogen) atoms. The van der Waals surface area contributed by atoms with E-state index >= 15 is 0 Å². The van der Waals surface area contributed by atoms with E-state index in [1.165, 1.54) is 11.3 Å². The minimum atomic E-state index is 0.00245. The SMILES string of the molecule is CN(Cc1cnn(C)c1)C(=O)c1ccc(-c2ccc3c(c2)OCCO3)s1. The van der Waals surface area contributed by atoms with Crippen LogP contribution >= 0.6 is 11.3 Å². The van der Waals surface area contributed by atoms with E-state index in [1.54, 1.807) is 22.8 Å². The molecule has 0 saturated carbocycles. The Morgan fingerprint density at radius 3 is 2.81 bits per heavy atom. The Morgan fingerprint density at radius 1 is 1.23 bits per heavy atom. The lowest BCUT2D eigenvalue weighted by Crippen LogP contribution is -2.25. The third-order valence-electron chi connectivity index (χ3n) is 4.17. The Hall–Kier alpha value is -2.80. The lowest BCUT2D eigenvalue weighted by molar-refractivity contribution is 0.0790. The van der Waals surface area contributed by atoms with E-state index in [4.69, 9.17) is 9.47 Å². The lowest BCUT2D eigenvalue weighted by Gasteiger charge is -2.18. The topological polar surface area (TPSA) is 56.6 Å². The molecule has 0 aliphatic carbocycles. The van der Waals surface area contributed by atoms with E-state index < -0.39 is 0 Å². The first-order valence-corrected chi connectivity index (χ1v) is 9.14. The zero-order chi connectivity index (χ0) is 18.1. The van der Waals surface area contributed by atoms with Crippen molar-refractivity contribution in [2.75, 3.05) is 20.3 Å². The molecule has 6 nitrogen and oxygen atoms in total. The van der Waals surface area contributed by atoms with Crippen LogP contribution in [-0.4, -0.2) is 40.8 Å². The van der Waals surface area contributed by atoms with Gasteiger partial charge in [0.25, 0.3) is 5.91 Å². The van der Waals surface area contributed by atoms with Crippen molar-refractivity contribution in [3.63, 3.8) is 0 Å². The molecule has 0 N–H and O–H groups in total. The summed E-state index contributed by atoms with van der Waals surface area (Å²) in [7, 11) is 3.67. The highest BCUT2D eigenvalue weighted by Gasteiger charge is 2.17. The van der Waals surface area contributed by atoms with Gasteiger partial charge in [-0.15, -0.1) is 11.3 Å². The van der Waals surface area contributed by atoms with Gasteiger partial charge in [0.1, 0.15) is 13.2 Å². The van der Waals surface area contributed by atoms with Crippen LogP contribution in [0, 0.1) is 0 Å². The van der Waals surface area contributed by atoms with Crippen molar-refractivity contribution >= 4 is 17.2 Å². The van der Waals surface area contributed by atoms with Gasteiger partial charge in [-0.1, -0.05) is 0 Å². The third kappa shape index (κ3) is 3.30. The van der Waals surface area contributed by atoms with Crippen LogP contribution in [0.3, 0.4) is 0 Å². The third-order valence-corrected chi connectivity index (χ3v) is 5.29. The molecule has 0 fully saturated rings. The van der Waals surface area contributed by atoms with Crippen LogP contribution in [-0.2, 0) is 13.6 Å². The second kappa shape index (κ2) is 6.84. The molecule has 2 aromatic heterocycles. The normalized spacial score (nSPS) is 12.8. The van der Waals surface area contributed by atoms with Gasteiger partial charge in [0.05, 0.1) is 11.1 Å². The molecule has 1 aromatic carbocycles. The van der Waals surface area contributed by atoms with E-state index in [2.05, 4.69) is 5.10 Å². The monoisotopic (exact) mass is 369 g/mol. The first-order valence-electron chi connectivity index (χ1n) is 8.33. The second-order valence-electron chi connectivity index (χ2n) is 6.21. The van der Waals surface area contributed by atoms with Crippen LogP contribution in [0.5, 0.6) is 11.5 Å². The van der Waals surface area contributed by atoms with Crippen LogP contribution in [0.2, 0.25) is 0 Å². The number of fused-ring (bicyclic) bond motifs is 1. The Labute approximate surface area is 155 Å². The summed E-state index contributed by atoms with van der Waals surface area (Å²) in [5.41, 5.74) is 2.03. The minimum Gasteiger partial charge on any atom is -0.486 e. The number of amides is 1. The molecule has 1 amide bonds. The Bertz CT molecular complexity index is 947. The molecule has 1 aliphatic rings. The van der Waals surface area contributed by atoms with Crippen LogP contribution < -0.4 is 9.47 Å². The number of aryl methyl sites for hydroxylation is 1. The highest BCUT2D eigenvalue weighted by Crippen LogP contribution is 2.37. The molecule has 1 aliphatic heterocycles. The van der Waals surface area contributed by atoms with Crippen LogP contribution in [0.1, 0.15) is 15.2 Å². The first-order chi connectivity index (χ1) is 12.6. The van der Waals surface area contributed by atoms with Crippen molar-refractivity contribution < 1.29 is 14.3 Å². The smallest absolute Gasteiger partial charge is 0.263 e. The van der Waals surface area contributed by atoms with Gasteiger partial charge in [-0.2, -0.15) is 5.10 Å². The Kier molecular flexibility index (Phi) is 4.38. The van der Waals surface area contributed by atoms with E-state index in [-0.39, 0.29) is 5.91 Å². The quantitative estimate of drug-likeness (QED) is 0.709. The van der Waals surface area contributed by atoms with Gasteiger partial charge in [0.2, 0.25) is 0 Å². The van der Waals surface area contributed by atoms with E-state index in [0.29, 0.717) is 24.6 Å². The average Bonchev–Trinajstić information content (AvgIpc) is 3.30. The lowest BCUT2D eigenvalue weighted by atomic mass is 10.1. The van der Waals surface area contributed by atoms with E-state index in [1.807, 2.05) is 43.6 Å². The zero-order valence-corrected chi connectivity index (χ0v) is 15.5. The van der Waals surface area contributed by atoms with Crippen molar-refractivity contribution in [3.05, 3.63) is 53.2 Å². The maximum absolute atomic E-state index is 12.7. The summed E-state index contributed by atoms with van der Waals surface area (Å²) in [6.07, 6.45) is 3.69. The summed E-state index contributed by atoms with van der Waals surface area (Å²) >= 11 is 1.48. The molecule has 0 spiro atoms. The van der Waals surface area contributed by atoms with Crippen LogP contribution in [0.25, 0.3) is 10.4 Å². The standard InChI is InChI=1S/C19H19N3O3S/c1-21(11-13-10-20-22(2)12-13)19(23)18-6-5-17(26-18)14-3-4-15-16(9-14)25-8-7-24-15/h3-6,9-10,12H,7-8,11H2,1-2H3. The fourth-order valence-corrected chi connectivity index (χ4v) is 3.89. The van der Waals surface area contributed by atoms with E-state index in [0.717, 1.165) is 27.5 Å². The second-order valence-corrected chi connectivity index (χ2v) is 7.29. The minimum absolute atomic E-state index is 0.00245. The van der Waals surface area contributed by atoms with Gasteiger partial charge >= 0.3 is 0 Å². The Balaban J connectivity index is 1.51. The van der Waals surface area contributed by atoms with Crippen molar-refractivity contribution in [2.24, 2.45) is 7.05 Å². The molecular weight excluding hydrogens is 350 g/mol. The number of benzene rings is 1. The van der Waals surface area contributed by atoms with Gasteiger partial charge < -0.3 is 14.4 Å². The Morgan fingerprint density at radius 2 is 2.04 bits per heavy atom. The van der Waals surface area contributed by atoms with E-state index in [9.17, 15) is 4.79 Å². The number of aromatic nitrogens is 2.